The quantitative estimate of drug-likeness (QED) is 0.634. The highest BCUT2D eigenvalue weighted by Gasteiger charge is 2.74. The van der Waals surface area contributed by atoms with Gasteiger partial charge in [-0.25, -0.2) is 0 Å². The number of aliphatic hydroxyl groups is 1. The second-order valence-corrected chi connectivity index (χ2v) is 8.68. The fourth-order valence-electron chi connectivity index (χ4n) is 5.66. The number of carboxylic acids is 1. The number of hydrogen-bond donors (Lipinski definition) is 2. The molecule has 0 aliphatic carbocycles. The molecule has 0 aromatic heterocycles. The minimum atomic E-state index is -1.19. The van der Waals surface area contributed by atoms with Crippen molar-refractivity contribution in [1.29, 1.82) is 0 Å². The number of rotatable bonds is 7. The topological polar surface area (TPSA) is 107 Å². The maximum atomic E-state index is 14.0. The molecular weight excluding hydrogens is 400 g/mol. The molecule has 3 saturated heterocycles. The average Bonchev–Trinajstić information content (AvgIpc) is 3.36. The van der Waals surface area contributed by atoms with Crippen molar-refractivity contribution in [1.82, 2.24) is 4.90 Å². The number of carbonyl (C=O) groups is 3. The van der Waals surface area contributed by atoms with Gasteiger partial charge in [-0.3, -0.25) is 14.4 Å². The minimum Gasteiger partial charge on any atom is -0.481 e. The van der Waals surface area contributed by atoms with Gasteiger partial charge >= 0.3 is 5.97 Å². The summed E-state index contributed by atoms with van der Waals surface area (Å²) in [5.74, 6) is -3.76. The fourth-order valence-corrected chi connectivity index (χ4v) is 5.66. The highest BCUT2D eigenvalue weighted by atomic mass is 16.5. The van der Waals surface area contributed by atoms with Gasteiger partial charge in [0.05, 0.1) is 24.5 Å². The molecule has 3 heterocycles. The van der Waals surface area contributed by atoms with Gasteiger partial charge in [-0.15, -0.1) is 6.58 Å². The summed E-state index contributed by atoms with van der Waals surface area (Å²) in [5, 5.41) is 19.4. The van der Waals surface area contributed by atoms with Gasteiger partial charge in [0, 0.05) is 18.8 Å². The van der Waals surface area contributed by atoms with Gasteiger partial charge in [0.1, 0.15) is 11.6 Å². The van der Waals surface area contributed by atoms with Crippen molar-refractivity contribution >= 4 is 23.5 Å². The molecule has 3 fully saturated rings. The Kier molecular flexibility index (Phi) is 5.39. The summed E-state index contributed by atoms with van der Waals surface area (Å²) in [6, 6.07) is 4.80. The van der Waals surface area contributed by atoms with Gasteiger partial charge in [-0.05, 0) is 43.9 Å². The van der Waals surface area contributed by atoms with Crippen LogP contribution in [-0.4, -0.2) is 70.3 Å². The van der Waals surface area contributed by atoms with Gasteiger partial charge in [-0.2, -0.15) is 0 Å². The lowest BCUT2D eigenvalue weighted by atomic mass is 9.70. The molecule has 1 aromatic rings. The first-order chi connectivity index (χ1) is 14.8. The van der Waals surface area contributed by atoms with Gasteiger partial charge in [0.15, 0.2) is 0 Å². The lowest BCUT2D eigenvalue weighted by Gasteiger charge is -2.37. The highest BCUT2D eigenvalue weighted by Crippen LogP contribution is 2.58. The zero-order chi connectivity index (χ0) is 22.5. The number of β-amino-alcohol motifs (C(OH)–C–C–N with tert-alkyl or cyclic N) is 1. The summed E-state index contributed by atoms with van der Waals surface area (Å²) >= 11 is 0. The van der Waals surface area contributed by atoms with Crippen molar-refractivity contribution in [2.75, 3.05) is 24.6 Å². The third kappa shape index (κ3) is 3.08. The molecule has 3 aliphatic heterocycles. The Morgan fingerprint density at radius 2 is 2.13 bits per heavy atom. The summed E-state index contributed by atoms with van der Waals surface area (Å²) < 4.78 is 6.16. The van der Waals surface area contributed by atoms with Crippen molar-refractivity contribution in [3.63, 3.8) is 0 Å². The van der Waals surface area contributed by atoms with Crippen LogP contribution in [0.1, 0.15) is 24.0 Å². The van der Waals surface area contributed by atoms with E-state index in [0.29, 0.717) is 18.5 Å². The first-order valence-corrected chi connectivity index (χ1v) is 10.6. The summed E-state index contributed by atoms with van der Waals surface area (Å²) in [5.41, 5.74) is 1.41. The monoisotopic (exact) mass is 428 g/mol. The summed E-state index contributed by atoms with van der Waals surface area (Å²) in [6.07, 6.45) is 1.97. The van der Waals surface area contributed by atoms with Crippen LogP contribution in [0.15, 0.2) is 30.9 Å². The normalized spacial score (nSPS) is 31.1. The molecule has 0 saturated carbocycles. The molecule has 1 spiro atoms. The highest BCUT2D eigenvalue weighted by molar-refractivity contribution is 6.05. The summed E-state index contributed by atoms with van der Waals surface area (Å²) in [7, 11) is 0. The molecule has 1 aromatic carbocycles. The number of amides is 2. The van der Waals surface area contributed by atoms with Gasteiger partial charge in [-0.1, -0.05) is 18.2 Å². The molecule has 0 unspecified atom stereocenters. The molecule has 8 nitrogen and oxygen atoms in total. The van der Waals surface area contributed by atoms with Gasteiger partial charge in [0.2, 0.25) is 5.91 Å². The first-order valence-electron chi connectivity index (χ1n) is 10.6. The number of aliphatic carboxylic acids is 1. The van der Waals surface area contributed by atoms with E-state index in [1.165, 1.54) is 4.90 Å². The number of benzene rings is 1. The molecule has 8 heteroatoms. The largest absolute Gasteiger partial charge is 0.481 e. The van der Waals surface area contributed by atoms with E-state index in [0.717, 1.165) is 11.1 Å². The molecule has 166 valence electrons. The molecule has 5 atom stereocenters. The lowest BCUT2D eigenvalue weighted by Crippen LogP contribution is -2.57. The number of hydrogen-bond acceptors (Lipinski definition) is 5. The smallest absolute Gasteiger partial charge is 0.310 e. The van der Waals surface area contributed by atoms with Gasteiger partial charge < -0.3 is 24.7 Å². The standard InChI is InChI=1S/C23H28N2O6/c1-4-9-24(15-12-13(2)5-6-14(15)3)21(28)19-23-8-7-16(31-23)17(22(29)30)18(23)20(27)25(19)10-11-26/h4-6,12,16-19,26H,1,7-11H2,2-3H3,(H,29,30)/t16-,17+,18+,19-,23+/m1/s1. The molecule has 0 radical (unpaired) electrons. The minimum absolute atomic E-state index is 0.0530. The van der Waals surface area contributed by atoms with Crippen molar-refractivity contribution < 1.29 is 29.3 Å². The zero-order valence-electron chi connectivity index (χ0n) is 17.8. The zero-order valence-corrected chi connectivity index (χ0v) is 17.8. The van der Waals surface area contributed by atoms with Crippen molar-refractivity contribution in [3.05, 3.63) is 42.0 Å². The maximum Gasteiger partial charge on any atom is 0.310 e. The summed E-state index contributed by atoms with van der Waals surface area (Å²) in [6.45, 7) is 7.47. The molecule has 2 N–H and O–H groups in total. The Morgan fingerprint density at radius 1 is 1.39 bits per heavy atom. The van der Waals surface area contributed by atoms with E-state index in [1.54, 1.807) is 11.0 Å². The van der Waals surface area contributed by atoms with Crippen LogP contribution in [-0.2, 0) is 19.1 Å². The number of likely N-dealkylation sites (tertiary alicyclic amines) is 1. The predicted molar refractivity (Wildman–Crippen MR) is 113 cm³/mol. The van der Waals surface area contributed by atoms with Crippen LogP contribution in [0, 0.1) is 25.7 Å². The third-order valence-electron chi connectivity index (χ3n) is 6.89. The van der Waals surface area contributed by atoms with E-state index in [2.05, 4.69) is 6.58 Å². The van der Waals surface area contributed by atoms with Crippen LogP contribution in [0.5, 0.6) is 0 Å². The number of anilines is 1. The number of aryl methyl sites for hydroxylation is 2. The second-order valence-electron chi connectivity index (χ2n) is 8.68. The predicted octanol–water partition coefficient (Wildman–Crippen LogP) is 1.27. The van der Waals surface area contributed by atoms with Crippen molar-refractivity contribution in [2.45, 2.75) is 44.4 Å². The van der Waals surface area contributed by atoms with E-state index >= 15 is 0 Å². The van der Waals surface area contributed by atoms with E-state index in [-0.39, 0.29) is 25.6 Å². The molecule has 2 amide bonds. The van der Waals surface area contributed by atoms with E-state index in [9.17, 15) is 24.6 Å². The van der Waals surface area contributed by atoms with Crippen LogP contribution >= 0.6 is 0 Å². The van der Waals surface area contributed by atoms with Gasteiger partial charge in [0.25, 0.3) is 5.91 Å². The van der Waals surface area contributed by atoms with E-state index in [1.807, 2.05) is 32.0 Å². The van der Waals surface area contributed by atoms with Crippen molar-refractivity contribution in [3.8, 4) is 0 Å². The number of ether oxygens (including phenoxy) is 1. The molecule has 2 bridgehead atoms. The van der Waals surface area contributed by atoms with E-state index < -0.39 is 41.5 Å². The van der Waals surface area contributed by atoms with Crippen LogP contribution in [0.3, 0.4) is 0 Å². The SMILES string of the molecule is C=CCN(C(=O)[C@H]1N(CCO)C(=O)[C@@H]2[C@@H](C(=O)O)[C@H]3CC[C@]21O3)c1cc(C)ccc1C. The molecular formula is C23H28N2O6. The van der Waals surface area contributed by atoms with Crippen molar-refractivity contribution in [2.24, 2.45) is 11.8 Å². The van der Waals surface area contributed by atoms with Crippen LogP contribution in [0.25, 0.3) is 0 Å². The first kappa shape index (κ1) is 21.5. The molecule has 3 aliphatic rings. The number of aliphatic hydroxyl groups excluding tert-OH is 1. The number of fused-ring (bicyclic) bond motifs is 1. The molecule has 4 rings (SSSR count). The Labute approximate surface area is 181 Å². The number of nitrogens with zero attached hydrogens (tertiary/aromatic N) is 2. The Balaban J connectivity index is 1.80. The van der Waals surface area contributed by atoms with Crippen LogP contribution in [0.2, 0.25) is 0 Å². The Bertz CT molecular complexity index is 946. The van der Waals surface area contributed by atoms with Crippen LogP contribution < -0.4 is 4.90 Å². The summed E-state index contributed by atoms with van der Waals surface area (Å²) in [4.78, 5) is 42.2. The van der Waals surface area contributed by atoms with Crippen LogP contribution in [0.4, 0.5) is 5.69 Å². The lowest BCUT2D eigenvalue weighted by molar-refractivity contribution is -0.149. The second kappa shape index (κ2) is 7.76. The molecule has 31 heavy (non-hydrogen) atoms. The fraction of sp³-hybridized carbons (Fsp3) is 0.522. The number of carboxylic acid groups (broad SMARTS) is 1. The van der Waals surface area contributed by atoms with E-state index in [4.69, 9.17) is 4.74 Å². The Hall–Kier alpha value is -2.71. The average molecular weight is 428 g/mol. The number of carbonyl (C=O) groups excluding carboxylic acids is 2. The maximum absolute atomic E-state index is 14.0. The Morgan fingerprint density at radius 3 is 2.77 bits per heavy atom. The third-order valence-corrected chi connectivity index (χ3v) is 6.89.